The fourth-order valence-corrected chi connectivity index (χ4v) is 3.39. The molecule has 1 atom stereocenters. The monoisotopic (exact) mass is 422 g/mol. The van der Waals surface area contributed by atoms with Crippen molar-refractivity contribution in [3.63, 3.8) is 0 Å². The van der Waals surface area contributed by atoms with E-state index >= 15 is 0 Å². The van der Waals surface area contributed by atoms with Gasteiger partial charge >= 0.3 is 0 Å². The third kappa shape index (κ3) is 4.08. The van der Waals surface area contributed by atoms with Crippen molar-refractivity contribution in [2.24, 2.45) is 0 Å². The Bertz CT molecular complexity index is 1010. The average molecular weight is 423 g/mol. The fraction of sp³-hybridized carbons (Fsp3) is 0.300. The number of benzene rings is 1. The molecule has 8 heteroatoms. The van der Waals surface area contributed by atoms with Crippen LogP contribution in [-0.4, -0.2) is 14.8 Å². The van der Waals surface area contributed by atoms with Gasteiger partial charge in [0.1, 0.15) is 11.9 Å². The molecule has 0 saturated heterocycles. The standard InChI is InChI=1S/C20H21Cl2FN4O/c1-11(17-14(21)5-6-15(23)18(17)22)28-16-7-12(8-25-19(16)24)13-9-26-27(10-13)20(2,3)4/h5-11H,1-4H3,(H2,24,25)/t11-/m1/s1. The Hall–Kier alpha value is -2.31. The minimum absolute atomic E-state index is 0.0749. The van der Waals surface area contributed by atoms with Crippen LogP contribution in [0.3, 0.4) is 0 Å². The van der Waals surface area contributed by atoms with Crippen LogP contribution in [0.15, 0.2) is 36.8 Å². The summed E-state index contributed by atoms with van der Waals surface area (Å²) in [7, 11) is 0. The molecule has 0 amide bonds. The zero-order valence-corrected chi connectivity index (χ0v) is 17.5. The van der Waals surface area contributed by atoms with Crippen LogP contribution in [0, 0.1) is 5.82 Å². The summed E-state index contributed by atoms with van der Waals surface area (Å²) < 4.78 is 21.6. The van der Waals surface area contributed by atoms with Crippen molar-refractivity contribution < 1.29 is 9.13 Å². The maximum absolute atomic E-state index is 13.8. The molecule has 2 heterocycles. The van der Waals surface area contributed by atoms with Gasteiger partial charge in [-0.25, -0.2) is 9.37 Å². The molecule has 28 heavy (non-hydrogen) atoms. The van der Waals surface area contributed by atoms with Crippen LogP contribution in [-0.2, 0) is 5.54 Å². The molecule has 0 bridgehead atoms. The van der Waals surface area contributed by atoms with E-state index in [1.165, 1.54) is 12.1 Å². The highest BCUT2D eigenvalue weighted by Gasteiger charge is 2.20. The second kappa shape index (κ2) is 7.60. The summed E-state index contributed by atoms with van der Waals surface area (Å²) in [6, 6.07) is 4.42. The van der Waals surface area contributed by atoms with E-state index in [2.05, 4.69) is 30.9 Å². The molecule has 0 radical (unpaired) electrons. The van der Waals surface area contributed by atoms with E-state index in [0.717, 1.165) is 11.1 Å². The quantitative estimate of drug-likeness (QED) is 0.533. The van der Waals surface area contributed by atoms with Crippen molar-refractivity contribution >= 4 is 29.0 Å². The number of rotatable bonds is 4. The molecule has 0 fully saturated rings. The predicted octanol–water partition coefficient (Wildman–Crippen LogP) is 5.87. The Kier molecular flexibility index (Phi) is 5.55. The Balaban J connectivity index is 1.93. The molecule has 5 nitrogen and oxygen atoms in total. The molecule has 2 N–H and O–H groups in total. The van der Waals surface area contributed by atoms with Gasteiger partial charge in [-0.1, -0.05) is 23.2 Å². The molecule has 0 aliphatic carbocycles. The number of halogens is 3. The summed E-state index contributed by atoms with van der Waals surface area (Å²) in [5.41, 5.74) is 7.86. The topological polar surface area (TPSA) is 66.0 Å². The SMILES string of the molecule is C[C@@H](Oc1cc(-c2cnn(C(C)(C)C)c2)cnc1N)c1c(Cl)ccc(F)c1Cl. The molecule has 0 spiro atoms. The molecule has 0 aliphatic rings. The first-order valence-corrected chi connectivity index (χ1v) is 9.44. The first-order valence-electron chi connectivity index (χ1n) is 8.69. The normalized spacial score (nSPS) is 12.8. The van der Waals surface area contributed by atoms with E-state index < -0.39 is 11.9 Å². The highest BCUT2D eigenvalue weighted by Crippen LogP contribution is 2.37. The van der Waals surface area contributed by atoms with Gasteiger partial charge in [0.05, 0.1) is 16.8 Å². The number of nitrogens with two attached hydrogens (primary N) is 1. The van der Waals surface area contributed by atoms with Crippen LogP contribution >= 0.6 is 23.2 Å². The van der Waals surface area contributed by atoms with E-state index in [4.69, 9.17) is 33.7 Å². The van der Waals surface area contributed by atoms with Crippen LogP contribution < -0.4 is 10.5 Å². The molecule has 0 saturated carbocycles. The Labute approximate surface area is 173 Å². The minimum atomic E-state index is -0.632. The summed E-state index contributed by atoms with van der Waals surface area (Å²) in [6.07, 6.45) is 4.71. The first-order chi connectivity index (χ1) is 13.1. The average Bonchev–Trinajstić information content (AvgIpc) is 3.11. The molecular formula is C20H21Cl2FN4O. The van der Waals surface area contributed by atoms with Gasteiger partial charge in [-0.2, -0.15) is 5.10 Å². The first kappa shape index (κ1) is 20.4. The maximum atomic E-state index is 13.8. The number of nitrogen functional groups attached to an aromatic ring is 1. The number of nitrogens with zero attached hydrogens (tertiary/aromatic N) is 3. The Morgan fingerprint density at radius 1 is 1.18 bits per heavy atom. The van der Waals surface area contributed by atoms with Gasteiger partial charge in [0.25, 0.3) is 0 Å². The third-order valence-corrected chi connectivity index (χ3v) is 4.99. The number of aromatic nitrogens is 3. The van der Waals surface area contributed by atoms with Crippen molar-refractivity contribution in [1.29, 1.82) is 0 Å². The molecule has 2 aromatic heterocycles. The number of anilines is 1. The molecular weight excluding hydrogens is 402 g/mol. The number of ether oxygens (including phenoxy) is 1. The van der Waals surface area contributed by atoms with Crippen molar-refractivity contribution in [3.8, 4) is 16.9 Å². The summed E-state index contributed by atoms with van der Waals surface area (Å²) in [6.45, 7) is 7.91. The molecule has 148 valence electrons. The summed E-state index contributed by atoms with van der Waals surface area (Å²) in [4.78, 5) is 4.21. The van der Waals surface area contributed by atoms with E-state index in [0.29, 0.717) is 16.3 Å². The third-order valence-electron chi connectivity index (χ3n) is 4.27. The number of pyridine rings is 1. The second-order valence-electron chi connectivity index (χ2n) is 7.47. The van der Waals surface area contributed by atoms with Gasteiger partial charge in [0, 0.05) is 34.1 Å². The lowest BCUT2D eigenvalue weighted by molar-refractivity contribution is 0.227. The molecule has 3 aromatic rings. The maximum Gasteiger partial charge on any atom is 0.166 e. The predicted molar refractivity (Wildman–Crippen MR) is 110 cm³/mol. The van der Waals surface area contributed by atoms with Crippen LogP contribution in [0.5, 0.6) is 5.75 Å². The van der Waals surface area contributed by atoms with Crippen molar-refractivity contribution in [2.75, 3.05) is 5.73 Å². The van der Waals surface area contributed by atoms with E-state index in [1.807, 2.05) is 10.9 Å². The van der Waals surface area contributed by atoms with Crippen molar-refractivity contribution in [1.82, 2.24) is 14.8 Å². The minimum Gasteiger partial charge on any atom is -0.482 e. The summed E-state index contributed by atoms with van der Waals surface area (Å²) in [5, 5.41) is 4.64. The van der Waals surface area contributed by atoms with Crippen LogP contribution in [0.25, 0.3) is 11.1 Å². The molecule has 0 aliphatic heterocycles. The highest BCUT2D eigenvalue weighted by molar-refractivity contribution is 6.36. The fourth-order valence-electron chi connectivity index (χ4n) is 2.71. The number of hydrogen-bond donors (Lipinski definition) is 1. The van der Waals surface area contributed by atoms with Gasteiger partial charge in [0.2, 0.25) is 0 Å². The molecule has 3 rings (SSSR count). The van der Waals surface area contributed by atoms with Crippen LogP contribution in [0.4, 0.5) is 10.2 Å². The van der Waals surface area contributed by atoms with E-state index in [1.54, 1.807) is 25.4 Å². The zero-order chi connectivity index (χ0) is 20.6. The van der Waals surface area contributed by atoms with E-state index in [9.17, 15) is 4.39 Å². The van der Waals surface area contributed by atoms with Gasteiger partial charge in [0.15, 0.2) is 11.6 Å². The lowest BCUT2D eigenvalue weighted by atomic mass is 10.1. The molecule has 1 aromatic carbocycles. The lowest BCUT2D eigenvalue weighted by Gasteiger charge is -2.19. The smallest absolute Gasteiger partial charge is 0.166 e. The van der Waals surface area contributed by atoms with Crippen LogP contribution in [0.1, 0.15) is 39.4 Å². The Morgan fingerprint density at radius 3 is 2.54 bits per heavy atom. The summed E-state index contributed by atoms with van der Waals surface area (Å²) >= 11 is 12.3. The zero-order valence-electron chi connectivity index (χ0n) is 16.0. The highest BCUT2D eigenvalue weighted by atomic mass is 35.5. The van der Waals surface area contributed by atoms with Crippen molar-refractivity contribution in [2.45, 2.75) is 39.3 Å². The largest absolute Gasteiger partial charge is 0.482 e. The summed E-state index contributed by atoms with van der Waals surface area (Å²) in [5.74, 6) is -0.00155. The Morgan fingerprint density at radius 2 is 1.89 bits per heavy atom. The van der Waals surface area contributed by atoms with Gasteiger partial charge in [-0.15, -0.1) is 0 Å². The van der Waals surface area contributed by atoms with Gasteiger partial charge in [-0.3, -0.25) is 4.68 Å². The molecule has 0 unspecified atom stereocenters. The van der Waals surface area contributed by atoms with Crippen LogP contribution in [0.2, 0.25) is 10.0 Å². The van der Waals surface area contributed by atoms with Crippen molar-refractivity contribution in [3.05, 3.63) is 58.2 Å². The van der Waals surface area contributed by atoms with Gasteiger partial charge < -0.3 is 10.5 Å². The van der Waals surface area contributed by atoms with Gasteiger partial charge in [-0.05, 0) is 45.9 Å². The number of hydrogen-bond acceptors (Lipinski definition) is 4. The van der Waals surface area contributed by atoms with E-state index in [-0.39, 0.29) is 16.4 Å². The lowest BCUT2D eigenvalue weighted by Crippen LogP contribution is -2.21. The second-order valence-corrected chi connectivity index (χ2v) is 8.25.